The first-order valence-electron chi connectivity index (χ1n) is 47.7. The number of alkyl halides is 3. The molecule has 0 saturated carbocycles. The highest BCUT2D eigenvalue weighted by Crippen LogP contribution is 2.68. The lowest BCUT2D eigenvalue weighted by Gasteiger charge is -2.37. The second-order valence-corrected chi connectivity index (χ2v) is 37.8. The van der Waals surface area contributed by atoms with Gasteiger partial charge in [0.1, 0.15) is 0 Å². The molecule has 0 amide bonds. The van der Waals surface area contributed by atoms with E-state index < -0.39 is 22.6 Å². The maximum atomic E-state index is 16.7. The van der Waals surface area contributed by atoms with Crippen molar-refractivity contribution in [1.29, 1.82) is 0 Å². The molecule has 0 radical (unpaired) electrons. The molecule has 0 bridgehead atoms. The van der Waals surface area contributed by atoms with Crippen molar-refractivity contribution in [2.24, 2.45) is 0 Å². The molecule has 1 atom stereocenters. The maximum absolute atomic E-state index is 16.7. The second-order valence-electron chi connectivity index (χ2n) is 37.8. The van der Waals surface area contributed by atoms with Gasteiger partial charge in [-0.25, -0.2) is 0 Å². The van der Waals surface area contributed by atoms with E-state index in [9.17, 15) is 0 Å². The molecule has 21 aromatic carbocycles. The molecule has 0 fully saturated rings. The number of anilines is 6. The van der Waals surface area contributed by atoms with Crippen molar-refractivity contribution in [2.75, 3.05) is 14.7 Å². The van der Waals surface area contributed by atoms with Crippen molar-refractivity contribution in [2.45, 2.75) is 36.6 Å². The number of nitrogens with zero attached hydrogens (tertiary/aromatic N) is 3. The Balaban J connectivity index is 0.579. The summed E-state index contributed by atoms with van der Waals surface area (Å²) in [6, 6.07) is 172. The van der Waals surface area contributed by atoms with Crippen LogP contribution in [0, 0.1) is 0 Å². The number of halogens is 3. The molecule has 2 spiro atoms. The summed E-state index contributed by atoms with van der Waals surface area (Å²) in [4.78, 5) is 7.26. The van der Waals surface area contributed by atoms with Crippen molar-refractivity contribution < 1.29 is 13.2 Å². The number of hydrogen-bond donors (Lipinski definition) is 0. The SMILES string of the molecule is FC(F)(F)c1cc(-c2ccc3c(c2)-c2ccccc2C32c3ccccc3-c3cc4c(cc32)N(c2ccc3c(c2)C2(c5ccccc5-c5ccccc52)c2ccccc2-3)Cc2cc(-c3cccc(-c5ccccc5-c5ccc6c(c5)-c5ccccc5CN6c5ccc(-c6ccccc6-c6ccccc6)cc5)c3)ccc2-4)cc2c1-c1cc(-c3ccccc3)ccc1N(c1ccc(-c3ccccc3)cc1)C2. The van der Waals surface area contributed by atoms with Gasteiger partial charge in [0.2, 0.25) is 0 Å². The number of benzene rings is 21. The van der Waals surface area contributed by atoms with Crippen LogP contribution in [0.25, 0.3) is 167 Å². The van der Waals surface area contributed by atoms with E-state index in [4.69, 9.17) is 0 Å². The highest BCUT2D eigenvalue weighted by Gasteiger charge is 2.55. The summed E-state index contributed by atoms with van der Waals surface area (Å²) < 4.78 is 50.1. The van der Waals surface area contributed by atoms with Gasteiger partial charge >= 0.3 is 6.18 Å². The Hall–Kier alpha value is -17.2. The summed E-state index contributed by atoms with van der Waals surface area (Å²) in [5.74, 6) is 0. The molecule has 138 heavy (non-hydrogen) atoms. The third kappa shape index (κ3) is 11.9. The van der Waals surface area contributed by atoms with E-state index in [1.165, 1.54) is 112 Å². The van der Waals surface area contributed by atoms with E-state index in [1.54, 1.807) is 0 Å². The number of rotatable bonds is 11. The topological polar surface area (TPSA) is 9.72 Å². The van der Waals surface area contributed by atoms with Crippen LogP contribution in [0.3, 0.4) is 0 Å². The highest BCUT2D eigenvalue weighted by molar-refractivity contribution is 6.05. The lowest BCUT2D eigenvalue weighted by atomic mass is 9.70. The standard InChI is InChI=1S/C132H84F3N3/c133-132(134,135)125-75-94(71-96-81-137(97-59-51-84(52-60-97)82-27-4-1-5-28-82)127-67-57-89(73-116(127)129(96)125)83-29-6-2-7-30-83)90-56-66-122-112(72-90)109-44-19-24-49-120(109)131(122)121-50-25-20-45-110(121)113-77-115-105-64-55-88(70-95(105)80-138(128(115)78-124(113)131)99-63-65-111-108-43-18-23-48-119(108)130(123(111)76-99)117-46-21-16-41-106(117)107-42-17-22-47-118(107)130)87-34-26-35-91(69-87)102-38-14-15-39-103(102)92-58-68-126-114(74-92)104-40-11-10-33-93(104)79-136(126)98-61-53-86(54-62-98)101-37-13-12-36-100(101)85-31-8-3-9-32-85/h1-78H,79-81H2. The zero-order chi connectivity index (χ0) is 91.2. The predicted octanol–water partition coefficient (Wildman–Crippen LogP) is 34.7. The van der Waals surface area contributed by atoms with E-state index in [0.717, 1.165) is 135 Å². The van der Waals surface area contributed by atoms with Crippen molar-refractivity contribution in [3.8, 4) is 167 Å². The van der Waals surface area contributed by atoms with Gasteiger partial charge in [-0.15, -0.1) is 0 Å². The van der Waals surface area contributed by atoms with Crippen LogP contribution in [-0.2, 0) is 36.6 Å². The molecule has 0 aromatic heterocycles. The van der Waals surface area contributed by atoms with E-state index in [1.807, 2.05) is 72.8 Å². The Morgan fingerprint density at radius 3 is 1.08 bits per heavy atom. The van der Waals surface area contributed by atoms with Gasteiger partial charge in [-0.3, -0.25) is 0 Å². The Bertz CT molecular complexity index is 8610. The molecule has 648 valence electrons. The molecular weight excluding hydrogens is 1680 g/mol. The van der Waals surface area contributed by atoms with Crippen LogP contribution in [0.1, 0.15) is 66.8 Å². The summed E-state index contributed by atoms with van der Waals surface area (Å²) in [6.07, 6.45) is -4.71. The summed E-state index contributed by atoms with van der Waals surface area (Å²) >= 11 is 0. The Labute approximate surface area is 799 Å². The van der Waals surface area contributed by atoms with E-state index in [0.29, 0.717) is 28.8 Å². The number of fused-ring (bicyclic) bond motifs is 29. The minimum absolute atomic E-state index is 0.214. The third-order valence-electron chi connectivity index (χ3n) is 30.8. The monoisotopic (exact) mass is 1770 g/mol. The summed E-state index contributed by atoms with van der Waals surface area (Å²) in [5, 5.41) is 0. The minimum Gasteiger partial charge on any atom is -0.336 e. The maximum Gasteiger partial charge on any atom is 0.417 e. The van der Waals surface area contributed by atoms with E-state index >= 15 is 13.2 Å². The Morgan fingerprint density at radius 2 is 0.493 bits per heavy atom. The average molecular weight is 1770 g/mol. The van der Waals surface area contributed by atoms with Gasteiger partial charge in [-0.2, -0.15) is 13.2 Å². The van der Waals surface area contributed by atoms with Crippen LogP contribution >= 0.6 is 0 Å². The van der Waals surface area contributed by atoms with Gasteiger partial charge in [-0.05, 0) is 309 Å². The highest BCUT2D eigenvalue weighted by atomic mass is 19.4. The van der Waals surface area contributed by atoms with Crippen LogP contribution in [-0.4, -0.2) is 0 Å². The molecule has 3 nitrogen and oxygen atoms in total. The van der Waals surface area contributed by atoms with E-state index in [-0.39, 0.29) is 12.1 Å². The molecule has 3 aliphatic heterocycles. The average Bonchev–Trinajstić information content (AvgIpc) is 1.51. The van der Waals surface area contributed by atoms with E-state index in [2.05, 4.69) is 409 Å². The Kier molecular flexibility index (Phi) is 17.6. The van der Waals surface area contributed by atoms with Gasteiger partial charge in [0.15, 0.2) is 0 Å². The first-order chi connectivity index (χ1) is 68.0. The normalized spacial score (nSPS) is 14.6. The molecular formula is C132H84F3N3. The molecule has 0 N–H and O–H groups in total. The van der Waals surface area contributed by atoms with Crippen LogP contribution < -0.4 is 14.7 Å². The van der Waals surface area contributed by atoms with Crippen LogP contribution in [0.4, 0.5) is 47.3 Å². The van der Waals surface area contributed by atoms with Gasteiger partial charge in [0, 0.05) is 76.0 Å². The Morgan fingerprint density at radius 1 is 0.167 bits per heavy atom. The lowest BCUT2D eigenvalue weighted by Crippen LogP contribution is -2.28. The molecule has 6 heteroatoms. The lowest BCUT2D eigenvalue weighted by molar-refractivity contribution is -0.137. The van der Waals surface area contributed by atoms with Gasteiger partial charge in [0.05, 0.1) is 16.4 Å². The van der Waals surface area contributed by atoms with Gasteiger partial charge < -0.3 is 14.7 Å². The van der Waals surface area contributed by atoms with Crippen LogP contribution in [0.5, 0.6) is 0 Å². The summed E-state index contributed by atoms with van der Waals surface area (Å²) in [6.45, 7) is 1.53. The minimum atomic E-state index is -4.71. The quantitative estimate of drug-likeness (QED) is 0.128. The summed E-state index contributed by atoms with van der Waals surface area (Å²) in [7, 11) is 0. The smallest absolute Gasteiger partial charge is 0.336 e. The second kappa shape index (κ2) is 30.7. The third-order valence-corrected chi connectivity index (χ3v) is 30.8. The zero-order valence-corrected chi connectivity index (χ0v) is 75.1. The van der Waals surface area contributed by atoms with Crippen LogP contribution in [0.15, 0.2) is 473 Å². The fourth-order valence-electron chi connectivity index (χ4n) is 24.8. The predicted molar refractivity (Wildman–Crippen MR) is 561 cm³/mol. The molecule has 28 rings (SSSR count). The first-order valence-corrected chi connectivity index (χ1v) is 47.7. The molecule has 0 saturated heterocycles. The first kappa shape index (κ1) is 79.4. The van der Waals surface area contributed by atoms with Crippen LogP contribution in [0.2, 0.25) is 0 Å². The van der Waals surface area contributed by atoms with Gasteiger partial charge in [-0.1, -0.05) is 370 Å². The molecule has 7 aliphatic rings. The molecule has 4 aliphatic carbocycles. The number of hydrogen-bond acceptors (Lipinski definition) is 3. The largest absolute Gasteiger partial charge is 0.417 e. The van der Waals surface area contributed by atoms with Gasteiger partial charge in [0.25, 0.3) is 0 Å². The van der Waals surface area contributed by atoms with Crippen molar-refractivity contribution in [3.63, 3.8) is 0 Å². The molecule has 3 heterocycles. The van der Waals surface area contributed by atoms with Crippen molar-refractivity contribution in [3.05, 3.63) is 540 Å². The molecule has 1 unspecified atom stereocenters. The fourth-order valence-corrected chi connectivity index (χ4v) is 24.8. The van der Waals surface area contributed by atoms with Crippen molar-refractivity contribution >= 4 is 34.1 Å². The van der Waals surface area contributed by atoms with Crippen molar-refractivity contribution in [1.82, 2.24) is 0 Å². The molecule has 21 aromatic rings. The fraction of sp³-hybridized carbons (Fsp3) is 0.0455. The zero-order valence-electron chi connectivity index (χ0n) is 75.1. The summed E-state index contributed by atoms with van der Waals surface area (Å²) in [5.41, 5.74) is 48.4.